The van der Waals surface area contributed by atoms with Crippen molar-refractivity contribution in [2.24, 2.45) is 16.3 Å². The highest BCUT2D eigenvalue weighted by molar-refractivity contribution is 5.79. The fraction of sp³-hybridized carbons (Fsp3) is 0.609. The van der Waals surface area contributed by atoms with Crippen molar-refractivity contribution >= 4 is 11.6 Å². The molecule has 0 amide bonds. The zero-order chi connectivity index (χ0) is 20.0. The summed E-state index contributed by atoms with van der Waals surface area (Å²) < 4.78 is 6.10. The van der Waals surface area contributed by atoms with Crippen molar-refractivity contribution in [2.75, 3.05) is 38.2 Å². The molecule has 3 rings (SSSR count). The lowest BCUT2D eigenvalue weighted by Gasteiger charge is -2.40. The summed E-state index contributed by atoms with van der Waals surface area (Å²) in [5.41, 5.74) is 2.70. The molecule has 2 atom stereocenters. The first-order valence-electron chi connectivity index (χ1n) is 10.5. The molecule has 1 aromatic rings. The van der Waals surface area contributed by atoms with E-state index in [0.29, 0.717) is 5.92 Å². The first-order chi connectivity index (χ1) is 13.5. The molecule has 2 unspecified atom stereocenters. The van der Waals surface area contributed by atoms with Gasteiger partial charge in [-0.1, -0.05) is 45.1 Å². The van der Waals surface area contributed by atoms with Crippen LogP contribution in [0.1, 0.15) is 39.2 Å². The minimum atomic E-state index is 0.161. The summed E-state index contributed by atoms with van der Waals surface area (Å²) in [6.07, 6.45) is 7.08. The molecule has 5 nitrogen and oxygen atoms in total. The number of nitrogens with zero attached hydrogens (tertiary/aromatic N) is 2. The topological polar surface area (TPSA) is 48.9 Å². The molecule has 1 saturated heterocycles. The fourth-order valence-corrected chi connectivity index (χ4v) is 4.20. The molecule has 28 heavy (non-hydrogen) atoms. The lowest BCUT2D eigenvalue weighted by atomic mass is 9.78. The average Bonchev–Trinajstić information content (AvgIpc) is 3.23. The first kappa shape index (κ1) is 20.7. The monoisotopic (exact) mass is 384 g/mol. The maximum atomic E-state index is 6.10. The van der Waals surface area contributed by atoms with Gasteiger partial charge in [0.1, 0.15) is 0 Å². The van der Waals surface area contributed by atoms with Crippen LogP contribution < -0.4 is 15.5 Å². The average molecular weight is 385 g/mol. The minimum Gasteiger partial charge on any atom is -0.377 e. The Balaban J connectivity index is 1.51. The third-order valence-electron chi connectivity index (χ3n) is 5.61. The summed E-state index contributed by atoms with van der Waals surface area (Å²) in [4.78, 5) is 6.78. The van der Waals surface area contributed by atoms with Gasteiger partial charge in [-0.15, -0.1) is 0 Å². The number of ether oxygens (including phenoxy) is 1. The van der Waals surface area contributed by atoms with Gasteiger partial charge >= 0.3 is 0 Å². The Kier molecular flexibility index (Phi) is 7.00. The van der Waals surface area contributed by atoms with Crippen LogP contribution >= 0.6 is 0 Å². The molecule has 5 heteroatoms. The van der Waals surface area contributed by atoms with Crippen molar-refractivity contribution in [2.45, 2.75) is 46.3 Å². The van der Waals surface area contributed by atoms with E-state index < -0.39 is 0 Å². The molecule has 2 aliphatic heterocycles. The Morgan fingerprint density at radius 3 is 2.71 bits per heavy atom. The van der Waals surface area contributed by atoms with Gasteiger partial charge in [0.2, 0.25) is 0 Å². The Morgan fingerprint density at radius 2 is 2.00 bits per heavy atom. The Morgan fingerprint density at radius 1 is 1.21 bits per heavy atom. The predicted octanol–water partition coefficient (Wildman–Crippen LogP) is 3.57. The van der Waals surface area contributed by atoms with E-state index in [9.17, 15) is 0 Å². The number of hydrogen-bond donors (Lipinski definition) is 2. The highest BCUT2D eigenvalue weighted by atomic mass is 16.5. The quantitative estimate of drug-likeness (QED) is 0.463. The normalized spacial score (nSPS) is 23.1. The number of benzene rings is 1. The van der Waals surface area contributed by atoms with Crippen LogP contribution in [0.25, 0.3) is 0 Å². The number of rotatable bonds is 5. The van der Waals surface area contributed by atoms with E-state index in [-0.39, 0.29) is 11.5 Å². The second-order valence-electron chi connectivity index (χ2n) is 8.91. The first-order valence-corrected chi connectivity index (χ1v) is 10.5. The van der Waals surface area contributed by atoms with Crippen molar-refractivity contribution < 1.29 is 4.74 Å². The largest absolute Gasteiger partial charge is 0.377 e. The molecule has 0 aliphatic carbocycles. The van der Waals surface area contributed by atoms with Crippen molar-refractivity contribution in [1.29, 1.82) is 0 Å². The molecule has 2 N–H and O–H groups in total. The molecule has 1 aromatic carbocycles. The lowest BCUT2D eigenvalue weighted by molar-refractivity contribution is -0.0835. The second kappa shape index (κ2) is 9.46. The van der Waals surface area contributed by atoms with E-state index in [0.717, 1.165) is 45.2 Å². The molecule has 0 spiro atoms. The van der Waals surface area contributed by atoms with Crippen LogP contribution in [0.5, 0.6) is 0 Å². The van der Waals surface area contributed by atoms with Gasteiger partial charge in [-0.05, 0) is 36.0 Å². The van der Waals surface area contributed by atoms with Crippen LogP contribution in [0.15, 0.2) is 41.4 Å². The molecular weight excluding hydrogens is 348 g/mol. The van der Waals surface area contributed by atoms with Gasteiger partial charge in [-0.25, -0.2) is 0 Å². The highest BCUT2D eigenvalue weighted by Crippen LogP contribution is 2.33. The third kappa shape index (κ3) is 5.51. The zero-order valence-electron chi connectivity index (χ0n) is 17.9. The van der Waals surface area contributed by atoms with E-state index in [1.54, 1.807) is 0 Å². The SMILES string of the molecule is CN=C(NCc1cccc(N2CC=CC2)c1)NCC1CCCOC1C(C)(C)C. The zero-order valence-corrected chi connectivity index (χ0v) is 17.9. The molecule has 0 bridgehead atoms. The number of anilines is 1. The van der Waals surface area contributed by atoms with Gasteiger partial charge in [0.25, 0.3) is 0 Å². The van der Waals surface area contributed by atoms with Crippen molar-refractivity contribution in [3.05, 3.63) is 42.0 Å². The summed E-state index contributed by atoms with van der Waals surface area (Å²) >= 11 is 0. The molecular formula is C23H36N4O. The van der Waals surface area contributed by atoms with Crippen molar-refractivity contribution in [1.82, 2.24) is 10.6 Å². The summed E-state index contributed by atoms with van der Waals surface area (Å²) in [6, 6.07) is 8.74. The smallest absolute Gasteiger partial charge is 0.191 e. The minimum absolute atomic E-state index is 0.161. The van der Waals surface area contributed by atoms with E-state index in [4.69, 9.17) is 4.74 Å². The molecule has 2 heterocycles. The van der Waals surface area contributed by atoms with Crippen molar-refractivity contribution in [3.8, 4) is 0 Å². The number of hydrogen-bond acceptors (Lipinski definition) is 3. The van der Waals surface area contributed by atoms with Crippen LogP contribution in [0.4, 0.5) is 5.69 Å². The van der Waals surface area contributed by atoms with Crippen LogP contribution in [0.2, 0.25) is 0 Å². The fourth-order valence-electron chi connectivity index (χ4n) is 4.20. The molecule has 2 aliphatic rings. The van der Waals surface area contributed by atoms with Gasteiger partial charge in [-0.3, -0.25) is 4.99 Å². The van der Waals surface area contributed by atoms with E-state index in [1.807, 2.05) is 7.05 Å². The Labute approximate surface area is 170 Å². The molecule has 0 saturated carbocycles. The van der Waals surface area contributed by atoms with Gasteiger partial charge in [0.05, 0.1) is 6.10 Å². The molecule has 0 aromatic heterocycles. The van der Waals surface area contributed by atoms with E-state index in [2.05, 4.69) is 77.7 Å². The summed E-state index contributed by atoms with van der Waals surface area (Å²) in [6.45, 7) is 11.3. The molecule has 0 radical (unpaired) electrons. The maximum Gasteiger partial charge on any atom is 0.191 e. The van der Waals surface area contributed by atoms with Crippen LogP contribution in [0.3, 0.4) is 0 Å². The molecule has 1 fully saturated rings. The lowest BCUT2D eigenvalue weighted by Crippen LogP contribution is -2.47. The van der Waals surface area contributed by atoms with E-state index in [1.165, 1.54) is 17.7 Å². The van der Waals surface area contributed by atoms with Crippen LogP contribution in [-0.4, -0.2) is 45.4 Å². The second-order valence-corrected chi connectivity index (χ2v) is 8.91. The van der Waals surface area contributed by atoms with Crippen molar-refractivity contribution in [3.63, 3.8) is 0 Å². The van der Waals surface area contributed by atoms with Gasteiger partial charge < -0.3 is 20.3 Å². The van der Waals surface area contributed by atoms with Gasteiger partial charge in [0.15, 0.2) is 5.96 Å². The Bertz CT molecular complexity index is 684. The standard InChI is InChI=1S/C23H36N4O/c1-23(2,3)21-19(10-8-14-28-21)17-26-22(24-4)25-16-18-9-7-11-20(15-18)27-12-5-6-13-27/h5-7,9,11,15,19,21H,8,10,12-14,16-17H2,1-4H3,(H2,24,25,26). The molecule has 154 valence electrons. The van der Waals surface area contributed by atoms with Gasteiger partial charge in [0, 0.05) is 51.4 Å². The highest BCUT2D eigenvalue weighted by Gasteiger charge is 2.35. The van der Waals surface area contributed by atoms with E-state index >= 15 is 0 Å². The summed E-state index contributed by atoms with van der Waals surface area (Å²) in [5.74, 6) is 1.37. The predicted molar refractivity (Wildman–Crippen MR) is 118 cm³/mol. The maximum absolute atomic E-state index is 6.10. The number of aliphatic imine (C=N–C) groups is 1. The van der Waals surface area contributed by atoms with Crippen LogP contribution in [0, 0.1) is 11.3 Å². The Hall–Kier alpha value is -2.01. The summed E-state index contributed by atoms with van der Waals surface area (Å²) in [7, 11) is 1.83. The van der Waals surface area contributed by atoms with Crippen LogP contribution in [-0.2, 0) is 11.3 Å². The van der Waals surface area contributed by atoms with Gasteiger partial charge in [-0.2, -0.15) is 0 Å². The number of nitrogens with one attached hydrogen (secondary N) is 2. The summed E-state index contributed by atoms with van der Waals surface area (Å²) in [5, 5.41) is 6.98. The number of guanidine groups is 1. The third-order valence-corrected chi connectivity index (χ3v) is 5.61.